The van der Waals surface area contributed by atoms with E-state index in [2.05, 4.69) is 0 Å². The predicted octanol–water partition coefficient (Wildman–Crippen LogP) is 3.01. The van der Waals surface area contributed by atoms with Gasteiger partial charge in [-0.2, -0.15) is 16.1 Å². The molecular formula is C13H16F3NO2S2. The maximum absolute atomic E-state index is 13.7. The van der Waals surface area contributed by atoms with Gasteiger partial charge in [0.2, 0.25) is 10.0 Å². The van der Waals surface area contributed by atoms with Crippen LogP contribution in [0.5, 0.6) is 0 Å². The number of hydrogen-bond acceptors (Lipinski definition) is 3. The van der Waals surface area contributed by atoms with Crippen molar-refractivity contribution in [3.05, 3.63) is 29.6 Å². The number of hydrogen-bond donors (Lipinski definition) is 0. The molecule has 0 spiro atoms. The van der Waals surface area contributed by atoms with E-state index in [4.69, 9.17) is 0 Å². The van der Waals surface area contributed by atoms with Crippen LogP contribution in [0.3, 0.4) is 0 Å². The van der Waals surface area contributed by atoms with Crippen molar-refractivity contribution in [1.29, 1.82) is 0 Å². The van der Waals surface area contributed by atoms with Crippen LogP contribution in [-0.2, 0) is 10.0 Å². The van der Waals surface area contributed by atoms with Crippen LogP contribution < -0.4 is 0 Å². The van der Waals surface area contributed by atoms with Crippen LogP contribution in [0.25, 0.3) is 0 Å². The molecule has 0 aromatic heterocycles. The Kier molecular flexibility index (Phi) is 4.89. The minimum Gasteiger partial charge on any atom is -0.207 e. The second-order valence-corrected chi connectivity index (χ2v) is 8.03. The summed E-state index contributed by atoms with van der Waals surface area (Å²) in [5.74, 6) is -4.06. The molecule has 118 valence electrons. The number of thioether (sulfide) groups is 1. The van der Waals surface area contributed by atoms with E-state index in [1.54, 1.807) is 11.8 Å². The molecule has 0 saturated heterocycles. The lowest BCUT2D eigenvalue weighted by Gasteiger charge is -2.28. The average Bonchev–Trinajstić information content (AvgIpc) is 2.89. The first-order valence-corrected chi connectivity index (χ1v) is 9.17. The SMILES string of the molecule is CS[C@H]1CCC[C@H]1N(C)S(=O)(=O)c1cc(F)c(F)cc1F. The minimum atomic E-state index is -4.20. The highest BCUT2D eigenvalue weighted by atomic mass is 32.2. The van der Waals surface area contributed by atoms with Gasteiger partial charge < -0.3 is 0 Å². The summed E-state index contributed by atoms with van der Waals surface area (Å²) < 4.78 is 65.9. The summed E-state index contributed by atoms with van der Waals surface area (Å²) >= 11 is 1.56. The number of rotatable bonds is 4. The topological polar surface area (TPSA) is 37.4 Å². The first-order chi connectivity index (χ1) is 9.78. The largest absolute Gasteiger partial charge is 0.246 e. The van der Waals surface area contributed by atoms with Crippen molar-refractivity contribution in [2.75, 3.05) is 13.3 Å². The highest BCUT2D eigenvalue weighted by Crippen LogP contribution is 2.34. The van der Waals surface area contributed by atoms with Crippen molar-refractivity contribution in [2.24, 2.45) is 0 Å². The van der Waals surface area contributed by atoms with Gasteiger partial charge in [-0.1, -0.05) is 6.42 Å². The van der Waals surface area contributed by atoms with Crippen molar-refractivity contribution < 1.29 is 21.6 Å². The molecule has 1 saturated carbocycles. The minimum absolute atomic E-state index is 0.123. The molecule has 21 heavy (non-hydrogen) atoms. The van der Waals surface area contributed by atoms with Gasteiger partial charge in [0.05, 0.1) is 0 Å². The molecule has 0 aliphatic heterocycles. The standard InChI is InChI=1S/C13H16F3NO2S2/c1-17(11-4-3-5-12(11)20-2)21(18,19)13-7-9(15)8(14)6-10(13)16/h6-7,11-12H,3-5H2,1-2H3/t11-,12+/m1/s1. The van der Waals surface area contributed by atoms with Gasteiger partial charge in [-0.3, -0.25) is 0 Å². The summed E-state index contributed by atoms with van der Waals surface area (Å²) in [6.07, 6.45) is 4.33. The van der Waals surface area contributed by atoms with Crippen LogP contribution in [0.2, 0.25) is 0 Å². The predicted molar refractivity (Wildman–Crippen MR) is 76.2 cm³/mol. The molecule has 0 unspecified atom stereocenters. The van der Waals surface area contributed by atoms with Gasteiger partial charge in [0.15, 0.2) is 11.6 Å². The fourth-order valence-corrected chi connectivity index (χ4v) is 5.22. The Labute approximate surface area is 126 Å². The lowest BCUT2D eigenvalue weighted by molar-refractivity contribution is 0.375. The lowest BCUT2D eigenvalue weighted by Crippen LogP contribution is -2.40. The summed E-state index contributed by atoms with van der Waals surface area (Å²) in [5, 5.41) is 0.123. The Bertz CT molecular complexity index is 637. The summed E-state index contributed by atoms with van der Waals surface area (Å²) in [6, 6.07) is 0.397. The van der Waals surface area contributed by atoms with Crippen molar-refractivity contribution in [3.63, 3.8) is 0 Å². The van der Waals surface area contributed by atoms with Crippen molar-refractivity contribution in [3.8, 4) is 0 Å². The Morgan fingerprint density at radius 2 is 1.76 bits per heavy atom. The van der Waals surface area contributed by atoms with Crippen LogP contribution >= 0.6 is 11.8 Å². The van der Waals surface area contributed by atoms with E-state index in [0.29, 0.717) is 12.5 Å². The van der Waals surface area contributed by atoms with E-state index in [0.717, 1.165) is 17.1 Å². The molecule has 1 aliphatic rings. The maximum atomic E-state index is 13.7. The van der Waals surface area contributed by atoms with Crippen LogP contribution in [0.1, 0.15) is 19.3 Å². The first kappa shape index (κ1) is 16.6. The van der Waals surface area contributed by atoms with Gasteiger partial charge in [0.1, 0.15) is 10.7 Å². The van der Waals surface area contributed by atoms with E-state index < -0.39 is 32.4 Å². The summed E-state index contributed by atoms with van der Waals surface area (Å²) in [6.45, 7) is 0. The van der Waals surface area contributed by atoms with Crippen molar-refractivity contribution in [2.45, 2.75) is 35.4 Å². The number of benzene rings is 1. The van der Waals surface area contributed by atoms with E-state index in [9.17, 15) is 21.6 Å². The van der Waals surface area contributed by atoms with Crippen LogP contribution in [0.15, 0.2) is 17.0 Å². The van der Waals surface area contributed by atoms with Crippen LogP contribution in [0.4, 0.5) is 13.2 Å². The van der Waals surface area contributed by atoms with E-state index >= 15 is 0 Å². The third kappa shape index (κ3) is 3.07. The molecular weight excluding hydrogens is 323 g/mol. The van der Waals surface area contributed by atoms with E-state index in [-0.39, 0.29) is 17.4 Å². The quantitative estimate of drug-likeness (QED) is 0.792. The first-order valence-electron chi connectivity index (χ1n) is 6.44. The van der Waals surface area contributed by atoms with Crippen molar-refractivity contribution in [1.82, 2.24) is 4.31 Å². The number of halogens is 3. The molecule has 1 aromatic rings. The second kappa shape index (κ2) is 6.18. The molecule has 0 radical (unpaired) electrons. The summed E-state index contributed by atoms with van der Waals surface area (Å²) in [7, 11) is -2.84. The van der Waals surface area contributed by atoms with Crippen LogP contribution in [0, 0.1) is 17.5 Å². The number of sulfonamides is 1. The fraction of sp³-hybridized carbons (Fsp3) is 0.538. The maximum Gasteiger partial charge on any atom is 0.246 e. The van der Waals surface area contributed by atoms with Crippen LogP contribution in [-0.4, -0.2) is 37.3 Å². The second-order valence-electron chi connectivity index (χ2n) is 4.99. The zero-order chi connectivity index (χ0) is 15.8. The smallest absolute Gasteiger partial charge is 0.207 e. The lowest BCUT2D eigenvalue weighted by atomic mass is 10.2. The number of nitrogens with zero attached hydrogens (tertiary/aromatic N) is 1. The third-order valence-corrected chi connectivity index (χ3v) is 6.87. The third-order valence-electron chi connectivity index (χ3n) is 3.82. The van der Waals surface area contributed by atoms with E-state index in [1.165, 1.54) is 7.05 Å². The molecule has 1 fully saturated rings. The summed E-state index contributed by atoms with van der Waals surface area (Å²) in [4.78, 5) is -0.823. The van der Waals surface area contributed by atoms with Gasteiger partial charge >= 0.3 is 0 Å². The monoisotopic (exact) mass is 339 g/mol. The van der Waals surface area contributed by atoms with E-state index in [1.807, 2.05) is 6.26 Å². The molecule has 8 heteroatoms. The van der Waals surface area contributed by atoms with Gasteiger partial charge in [-0.05, 0) is 25.2 Å². The highest BCUT2D eigenvalue weighted by molar-refractivity contribution is 7.99. The molecule has 2 atom stereocenters. The van der Waals surface area contributed by atoms with Gasteiger partial charge in [0.25, 0.3) is 0 Å². The Morgan fingerprint density at radius 1 is 1.14 bits per heavy atom. The molecule has 2 rings (SSSR count). The zero-order valence-electron chi connectivity index (χ0n) is 11.6. The fourth-order valence-electron chi connectivity index (χ4n) is 2.63. The van der Waals surface area contributed by atoms with Gasteiger partial charge in [-0.15, -0.1) is 0 Å². The average molecular weight is 339 g/mol. The van der Waals surface area contributed by atoms with Crippen molar-refractivity contribution >= 4 is 21.8 Å². The molecule has 0 amide bonds. The molecule has 0 N–H and O–H groups in total. The van der Waals surface area contributed by atoms with Gasteiger partial charge in [0, 0.05) is 24.4 Å². The molecule has 0 heterocycles. The molecule has 0 bridgehead atoms. The Balaban J connectivity index is 2.40. The highest BCUT2D eigenvalue weighted by Gasteiger charge is 2.37. The molecule has 1 aliphatic carbocycles. The molecule has 3 nitrogen and oxygen atoms in total. The zero-order valence-corrected chi connectivity index (χ0v) is 13.3. The Hall–Kier alpha value is -0.730. The molecule has 1 aromatic carbocycles. The normalized spacial score (nSPS) is 23.0. The summed E-state index contributed by atoms with van der Waals surface area (Å²) in [5.41, 5.74) is 0. The van der Waals surface area contributed by atoms with Gasteiger partial charge in [-0.25, -0.2) is 21.6 Å². The Morgan fingerprint density at radius 3 is 2.38 bits per heavy atom.